The van der Waals surface area contributed by atoms with E-state index in [0.717, 1.165) is 11.3 Å². The minimum atomic E-state index is -0.353. The van der Waals surface area contributed by atoms with Crippen molar-refractivity contribution >= 4 is 5.91 Å². The summed E-state index contributed by atoms with van der Waals surface area (Å²) in [6.45, 7) is 0. The van der Waals surface area contributed by atoms with E-state index in [1.54, 1.807) is 24.5 Å². The third-order valence-corrected chi connectivity index (χ3v) is 2.13. The number of hydrazine groups is 1. The van der Waals surface area contributed by atoms with Gasteiger partial charge in [0.25, 0.3) is 5.91 Å². The molecule has 2 heterocycles. The quantitative estimate of drug-likeness (QED) is 0.439. The normalized spacial score (nSPS) is 9.81. The Kier molecular flexibility index (Phi) is 2.88. The Balaban J connectivity index is 2.30. The van der Waals surface area contributed by atoms with E-state index >= 15 is 0 Å². The molecule has 0 spiro atoms. The van der Waals surface area contributed by atoms with Gasteiger partial charge in [-0.25, -0.2) is 5.84 Å². The summed E-state index contributed by atoms with van der Waals surface area (Å²) in [5.41, 5.74) is 4.22. The maximum Gasteiger partial charge on any atom is 0.266 e. The minimum Gasteiger partial charge on any atom is -0.290 e. The van der Waals surface area contributed by atoms with Crippen LogP contribution < -0.4 is 11.3 Å². The van der Waals surface area contributed by atoms with Crippen LogP contribution in [-0.2, 0) is 0 Å². The number of amides is 1. The predicted octanol–water partition coefficient (Wildman–Crippen LogP) is 0.747. The van der Waals surface area contributed by atoms with E-state index in [1.165, 1.54) is 6.20 Å². The van der Waals surface area contributed by atoms with Crippen LogP contribution in [0.4, 0.5) is 0 Å². The van der Waals surface area contributed by atoms with Gasteiger partial charge in [-0.2, -0.15) is 0 Å². The van der Waals surface area contributed by atoms with Crippen LogP contribution in [0.1, 0.15) is 10.4 Å². The molecule has 2 aromatic rings. The van der Waals surface area contributed by atoms with Gasteiger partial charge in [0, 0.05) is 24.2 Å². The van der Waals surface area contributed by atoms with Crippen LogP contribution in [0.2, 0.25) is 0 Å². The highest BCUT2D eigenvalue weighted by Gasteiger charge is 2.04. The molecule has 0 saturated carbocycles. The smallest absolute Gasteiger partial charge is 0.266 e. The Labute approximate surface area is 92.3 Å². The Morgan fingerprint density at radius 1 is 1.19 bits per heavy atom. The lowest BCUT2D eigenvalue weighted by Gasteiger charge is -2.02. The van der Waals surface area contributed by atoms with Gasteiger partial charge in [0.05, 0.1) is 11.3 Å². The van der Waals surface area contributed by atoms with E-state index < -0.39 is 0 Å². The third-order valence-electron chi connectivity index (χ3n) is 2.13. The summed E-state index contributed by atoms with van der Waals surface area (Å²) >= 11 is 0. The van der Waals surface area contributed by atoms with Crippen LogP contribution in [0.25, 0.3) is 11.3 Å². The fourth-order valence-corrected chi connectivity index (χ4v) is 1.30. The predicted molar refractivity (Wildman–Crippen MR) is 59.1 cm³/mol. The van der Waals surface area contributed by atoms with Crippen molar-refractivity contribution in [2.45, 2.75) is 0 Å². The van der Waals surface area contributed by atoms with E-state index in [-0.39, 0.29) is 5.91 Å². The molecule has 0 aromatic carbocycles. The Bertz CT molecular complexity index is 481. The van der Waals surface area contributed by atoms with E-state index in [4.69, 9.17) is 5.84 Å². The Hall–Kier alpha value is -2.27. The van der Waals surface area contributed by atoms with Gasteiger partial charge in [-0.3, -0.25) is 20.2 Å². The number of aromatic nitrogens is 2. The summed E-state index contributed by atoms with van der Waals surface area (Å²) in [6.07, 6.45) is 4.87. The second-order valence-electron chi connectivity index (χ2n) is 3.14. The number of nitrogens with one attached hydrogen (secondary N) is 1. The summed E-state index contributed by atoms with van der Waals surface area (Å²) < 4.78 is 0. The van der Waals surface area contributed by atoms with Crippen molar-refractivity contribution in [2.75, 3.05) is 0 Å². The molecule has 5 heteroatoms. The molecule has 0 saturated heterocycles. The maximum atomic E-state index is 11.2. The average Bonchev–Trinajstić information content (AvgIpc) is 2.39. The molecule has 0 unspecified atom stereocenters. The van der Waals surface area contributed by atoms with Crippen molar-refractivity contribution in [3.63, 3.8) is 0 Å². The number of hydrogen-bond donors (Lipinski definition) is 2. The fourth-order valence-electron chi connectivity index (χ4n) is 1.30. The lowest BCUT2D eigenvalue weighted by molar-refractivity contribution is 0.0953. The first kappa shape index (κ1) is 10.3. The van der Waals surface area contributed by atoms with Crippen LogP contribution >= 0.6 is 0 Å². The molecule has 3 N–H and O–H groups in total. The second kappa shape index (κ2) is 4.50. The molecule has 2 aromatic heterocycles. The maximum absolute atomic E-state index is 11.2. The van der Waals surface area contributed by atoms with Crippen LogP contribution in [0.3, 0.4) is 0 Å². The molecule has 80 valence electrons. The Morgan fingerprint density at radius 2 is 1.94 bits per heavy atom. The molecule has 5 nitrogen and oxygen atoms in total. The molecule has 0 bridgehead atoms. The van der Waals surface area contributed by atoms with Crippen LogP contribution in [0.5, 0.6) is 0 Å². The standard InChI is InChI=1S/C11H10N4O/c12-15-11(16)9-1-2-10(14-7-9)8-3-5-13-6-4-8/h1-7H,12H2,(H,15,16). The molecule has 0 fully saturated rings. The van der Waals surface area contributed by atoms with Crippen molar-refractivity contribution in [3.05, 3.63) is 48.4 Å². The number of rotatable bonds is 2. The highest BCUT2D eigenvalue weighted by Crippen LogP contribution is 2.15. The van der Waals surface area contributed by atoms with Gasteiger partial charge in [0.15, 0.2) is 0 Å². The van der Waals surface area contributed by atoms with Crippen molar-refractivity contribution in [1.29, 1.82) is 0 Å². The van der Waals surface area contributed by atoms with E-state index in [1.807, 2.05) is 12.1 Å². The third kappa shape index (κ3) is 2.04. The molecule has 0 aliphatic carbocycles. The molecule has 0 atom stereocenters. The SMILES string of the molecule is NNC(=O)c1ccc(-c2ccncc2)nc1. The summed E-state index contributed by atoms with van der Waals surface area (Å²) in [5.74, 6) is 4.66. The molecule has 1 amide bonds. The van der Waals surface area contributed by atoms with Crippen LogP contribution in [0, 0.1) is 0 Å². The number of pyridine rings is 2. The first-order chi connectivity index (χ1) is 7.81. The monoisotopic (exact) mass is 214 g/mol. The van der Waals surface area contributed by atoms with Gasteiger partial charge in [0.1, 0.15) is 0 Å². The number of nitrogens with zero attached hydrogens (tertiary/aromatic N) is 2. The molecular weight excluding hydrogens is 204 g/mol. The topological polar surface area (TPSA) is 80.9 Å². The average molecular weight is 214 g/mol. The largest absolute Gasteiger partial charge is 0.290 e. The summed E-state index contributed by atoms with van der Waals surface area (Å²) in [5, 5.41) is 0. The van der Waals surface area contributed by atoms with Gasteiger partial charge in [-0.1, -0.05) is 0 Å². The fraction of sp³-hybridized carbons (Fsp3) is 0. The van der Waals surface area contributed by atoms with Gasteiger partial charge >= 0.3 is 0 Å². The van der Waals surface area contributed by atoms with Crippen molar-refractivity contribution in [2.24, 2.45) is 5.84 Å². The van der Waals surface area contributed by atoms with Crippen LogP contribution in [-0.4, -0.2) is 15.9 Å². The van der Waals surface area contributed by atoms with Crippen molar-refractivity contribution < 1.29 is 4.79 Å². The first-order valence-corrected chi connectivity index (χ1v) is 4.68. The van der Waals surface area contributed by atoms with E-state index in [2.05, 4.69) is 15.4 Å². The molecule has 2 rings (SSSR count). The zero-order valence-corrected chi connectivity index (χ0v) is 8.42. The number of carbonyl (C=O) groups is 1. The first-order valence-electron chi connectivity index (χ1n) is 4.68. The summed E-state index contributed by atoms with van der Waals surface area (Å²) in [4.78, 5) is 19.3. The van der Waals surface area contributed by atoms with Gasteiger partial charge in [-0.15, -0.1) is 0 Å². The lowest BCUT2D eigenvalue weighted by atomic mass is 10.1. The van der Waals surface area contributed by atoms with Crippen LogP contribution in [0.15, 0.2) is 42.9 Å². The zero-order chi connectivity index (χ0) is 11.4. The molecule has 0 aliphatic rings. The van der Waals surface area contributed by atoms with Crippen molar-refractivity contribution in [1.82, 2.24) is 15.4 Å². The molecular formula is C11H10N4O. The zero-order valence-electron chi connectivity index (χ0n) is 8.42. The molecule has 0 radical (unpaired) electrons. The number of nitrogens with two attached hydrogens (primary N) is 1. The highest BCUT2D eigenvalue weighted by atomic mass is 16.2. The summed E-state index contributed by atoms with van der Waals surface area (Å²) in [6, 6.07) is 7.14. The minimum absolute atomic E-state index is 0.353. The number of hydrogen-bond acceptors (Lipinski definition) is 4. The van der Waals surface area contributed by atoms with Gasteiger partial charge in [0.2, 0.25) is 0 Å². The molecule has 16 heavy (non-hydrogen) atoms. The highest BCUT2D eigenvalue weighted by molar-refractivity contribution is 5.93. The van der Waals surface area contributed by atoms with E-state index in [9.17, 15) is 4.79 Å². The van der Waals surface area contributed by atoms with Crippen molar-refractivity contribution in [3.8, 4) is 11.3 Å². The Morgan fingerprint density at radius 3 is 2.50 bits per heavy atom. The number of carbonyl (C=O) groups excluding carboxylic acids is 1. The second-order valence-corrected chi connectivity index (χ2v) is 3.14. The lowest BCUT2D eigenvalue weighted by Crippen LogP contribution is -2.29. The van der Waals surface area contributed by atoms with Gasteiger partial charge in [-0.05, 0) is 24.3 Å². The summed E-state index contributed by atoms with van der Waals surface area (Å²) in [7, 11) is 0. The number of nitrogen functional groups attached to an aromatic ring is 1. The molecule has 0 aliphatic heterocycles. The van der Waals surface area contributed by atoms with Gasteiger partial charge < -0.3 is 0 Å². The van der Waals surface area contributed by atoms with E-state index in [0.29, 0.717) is 5.56 Å².